The molecule has 3 rings (SSSR count). The number of quaternary nitrogens is 1. The Kier molecular flexibility index (Phi) is 3.77. The number of benzene rings is 1. The molecule has 1 unspecified atom stereocenters. The summed E-state index contributed by atoms with van der Waals surface area (Å²) < 4.78 is 0. The van der Waals surface area contributed by atoms with Gasteiger partial charge in [-0.25, -0.2) is 9.69 Å². The van der Waals surface area contributed by atoms with Gasteiger partial charge in [-0.05, 0) is 5.56 Å². The van der Waals surface area contributed by atoms with Gasteiger partial charge in [0.05, 0.1) is 6.54 Å². The maximum atomic E-state index is 12.2. The summed E-state index contributed by atoms with van der Waals surface area (Å²) in [6.45, 7) is 5.39. The minimum atomic E-state index is -0.762. The highest BCUT2D eigenvalue weighted by Crippen LogP contribution is 2.12. The molecule has 22 heavy (non-hydrogen) atoms. The predicted molar refractivity (Wildman–Crippen MR) is 78.7 cm³/mol. The van der Waals surface area contributed by atoms with Crippen LogP contribution in [0.25, 0.3) is 0 Å². The number of nitrogens with one attached hydrogen (secondary N) is 1. The van der Waals surface area contributed by atoms with Crippen molar-refractivity contribution in [3.05, 3.63) is 48.0 Å². The molecule has 1 saturated heterocycles. The van der Waals surface area contributed by atoms with E-state index in [0.29, 0.717) is 0 Å². The molecule has 1 aromatic carbocycles. The summed E-state index contributed by atoms with van der Waals surface area (Å²) in [5.41, 5.74) is 2.55. The van der Waals surface area contributed by atoms with Crippen molar-refractivity contribution in [3.63, 3.8) is 0 Å². The minimum Gasteiger partial charge on any atom is -0.313 e. The molecule has 0 aliphatic carbocycles. The number of hydrogen-bond donors (Lipinski definition) is 1. The monoisotopic (exact) mass is 300 g/mol. The van der Waals surface area contributed by atoms with Crippen molar-refractivity contribution in [1.82, 2.24) is 9.80 Å². The third kappa shape index (κ3) is 2.42. The molecule has 6 nitrogen and oxygen atoms in total. The average molecular weight is 300 g/mol. The lowest BCUT2D eigenvalue weighted by Crippen LogP contribution is -3.13. The first-order chi connectivity index (χ1) is 10.6. The number of urea groups is 1. The Labute approximate surface area is 128 Å². The fourth-order valence-electron chi connectivity index (χ4n) is 2.98. The van der Waals surface area contributed by atoms with Gasteiger partial charge in [0, 0.05) is 18.5 Å². The molecule has 0 saturated carbocycles. The summed E-state index contributed by atoms with van der Waals surface area (Å²) in [6, 6.07) is 7.64. The van der Waals surface area contributed by atoms with Gasteiger partial charge in [-0.3, -0.25) is 14.5 Å². The van der Waals surface area contributed by atoms with Crippen molar-refractivity contribution in [3.8, 4) is 0 Å². The average Bonchev–Trinajstić information content (AvgIpc) is 2.73. The fourth-order valence-corrected chi connectivity index (χ4v) is 2.98. The number of amides is 4. The summed E-state index contributed by atoms with van der Waals surface area (Å²) in [7, 11) is 0. The van der Waals surface area contributed by atoms with Crippen molar-refractivity contribution in [2.45, 2.75) is 13.0 Å². The maximum Gasteiger partial charge on any atom is 0.339 e. The molecule has 0 radical (unpaired) electrons. The Morgan fingerprint density at radius 3 is 2.50 bits per heavy atom. The molecular weight excluding hydrogens is 282 g/mol. The van der Waals surface area contributed by atoms with Crippen molar-refractivity contribution < 1.29 is 19.3 Å². The van der Waals surface area contributed by atoms with Crippen LogP contribution in [0.1, 0.15) is 11.1 Å². The van der Waals surface area contributed by atoms with E-state index in [0.717, 1.165) is 34.2 Å². The molecule has 1 aromatic rings. The van der Waals surface area contributed by atoms with Gasteiger partial charge in [-0.2, -0.15) is 0 Å². The SMILES string of the molecule is C=CCN1C(=O)C(=O)N(C[NH+]2CCc3ccccc3C2)C1=O. The van der Waals surface area contributed by atoms with Crippen LogP contribution in [0.5, 0.6) is 0 Å². The molecule has 6 heteroatoms. The van der Waals surface area contributed by atoms with E-state index in [-0.39, 0.29) is 13.2 Å². The molecule has 0 bridgehead atoms. The first-order valence-corrected chi connectivity index (χ1v) is 7.30. The van der Waals surface area contributed by atoms with Crippen LogP contribution in [0.2, 0.25) is 0 Å². The third-order valence-electron chi connectivity index (χ3n) is 4.14. The van der Waals surface area contributed by atoms with Crippen LogP contribution >= 0.6 is 0 Å². The highest BCUT2D eigenvalue weighted by atomic mass is 16.2. The normalized spacial score (nSPS) is 21.3. The Morgan fingerprint density at radius 1 is 1.09 bits per heavy atom. The Balaban J connectivity index is 1.72. The van der Waals surface area contributed by atoms with E-state index in [9.17, 15) is 14.4 Å². The van der Waals surface area contributed by atoms with E-state index in [1.165, 1.54) is 17.2 Å². The quantitative estimate of drug-likeness (QED) is 0.466. The first kappa shape index (κ1) is 14.5. The molecule has 2 aliphatic heterocycles. The number of fused-ring (bicyclic) bond motifs is 1. The molecular formula is C16H18N3O3+. The minimum absolute atomic E-state index is 0.0675. The lowest BCUT2D eigenvalue weighted by molar-refractivity contribution is -0.923. The van der Waals surface area contributed by atoms with Crippen LogP contribution in [-0.4, -0.2) is 47.4 Å². The van der Waals surface area contributed by atoms with Crippen LogP contribution in [0, 0.1) is 0 Å². The van der Waals surface area contributed by atoms with Gasteiger partial charge in [0.15, 0.2) is 6.67 Å². The number of carbonyl (C=O) groups excluding carboxylic acids is 3. The molecule has 1 fully saturated rings. The maximum absolute atomic E-state index is 12.2. The molecule has 1 atom stereocenters. The van der Waals surface area contributed by atoms with Gasteiger partial charge >= 0.3 is 17.8 Å². The zero-order valence-corrected chi connectivity index (χ0v) is 12.2. The topological polar surface area (TPSA) is 62.1 Å². The summed E-state index contributed by atoms with van der Waals surface area (Å²) in [5.74, 6) is -1.50. The van der Waals surface area contributed by atoms with Gasteiger partial charge in [-0.1, -0.05) is 30.3 Å². The second kappa shape index (κ2) is 5.73. The van der Waals surface area contributed by atoms with Crippen molar-refractivity contribution in [2.75, 3.05) is 19.8 Å². The Morgan fingerprint density at radius 2 is 1.77 bits per heavy atom. The summed E-state index contributed by atoms with van der Waals surface area (Å²) in [5, 5.41) is 0. The summed E-state index contributed by atoms with van der Waals surface area (Å²) >= 11 is 0. The fraction of sp³-hybridized carbons (Fsp3) is 0.312. The Hall–Kier alpha value is -2.47. The van der Waals surface area contributed by atoms with E-state index in [1.54, 1.807) is 0 Å². The smallest absolute Gasteiger partial charge is 0.313 e. The van der Waals surface area contributed by atoms with Crippen molar-refractivity contribution >= 4 is 17.8 Å². The second-order valence-electron chi connectivity index (χ2n) is 5.57. The lowest BCUT2D eigenvalue weighted by atomic mass is 10.0. The third-order valence-corrected chi connectivity index (χ3v) is 4.14. The first-order valence-electron chi connectivity index (χ1n) is 7.30. The van der Waals surface area contributed by atoms with E-state index in [1.807, 2.05) is 12.1 Å². The van der Waals surface area contributed by atoms with Crippen LogP contribution in [-0.2, 0) is 22.6 Å². The molecule has 4 amide bonds. The Bertz CT molecular complexity index is 656. The van der Waals surface area contributed by atoms with Crippen molar-refractivity contribution in [1.29, 1.82) is 0 Å². The van der Waals surface area contributed by atoms with Gasteiger partial charge in [-0.15, -0.1) is 6.58 Å². The van der Waals surface area contributed by atoms with Gasteiger partial charge < -0.3 is 4.90 Å². The van der Waals surface area contributed by atoms with Crippen LogP contribution in [0.3, 0.4) is 0 Å². The molecule has 0 spiro atoms. The summed E-state index contributed by atoms with van der Waals surface area (Å²) in [4.78, 5) is 39.1. The van der Waals surface area contributed by atoms with E-state index < -0.39 is 17.8 Å². The van der Waals surface area contributed by atoms with Crippen molar-refractivity contribution in [2.24, 2.45) is 0 Å². The van der Waals surface area contributed by atoms with Gasteiger partial charge in [0.2, 0.25) is 0 Å². The number of imide groups is 2. The van der Waals surface area contributed by atoms with Crippen LogP contribution in [0.15, 0.2) is 36.9 Å². The molecule has 0 aromatic heterocycles. The van der Waals surface area contributed by atoms with E-state index >= 15 is 0 Å². The van der Waals surface area contributed by atoms with E-state index in [2.05, 4.69) is 18.7 Å². The molecule has 2 aliphatic rings. The molecule has 2 heterocycles. The number of nitrogens with zero attached hydrogens (tertiary/aromatic N) is 2. The zero-order chi connectivity index (χ0) is 15.7. The number of carbonyl (C=O) groups is 3. The van der Waals surface area contributed by atoms with Crippen LogP contribution < -0.4 is 4.90 Å². The lowest BCUT2D eigenvalue weighted by Gasteiger charge is -2.28. The second-order valence-corrected chi connectivity index (χ2v) is 5.57. The molecule has 1 N–H and O–H groups in total. The zero-order valence-electron chi connectivity index (χ0n) is 12.2. The largest absolute Gasteiger partial charge is 0.339 e. The predicted octanol–water partition coefficient (Wildman–Crippen LogP) is -0.438. The molecule has 114 valence electrons. The van der Waals surface area contributed by atoms with E-state index in [4.69, 9.17) is 0 Å². The highest BCUT2D eigenvalue weighted by molar-refractivity contribution is 6.44. The number of rotatable bonds is 4. The standard InChI is InChI=1S/C16H17N3O3/c1-2-8-18-14(20)15(21)19(16(18)22)11-17-9-7-12-5-3-4-6-13(12)10-17/h2-6H,1,7-11H2/p+1. The highest BCUT2D eigenvalue weighted by Gasteiger charge is 2.45. The van der Waals surface area contributed by atoms with Gasteiger partial charge in [0.25, 0.3) is 0 Å². The van der Waals surface area contributed by atoms with Crippen LogP contribution in [0.4, 0.5) is 4.79 Å². The summed E-state index contributed by atoms with van der Waals surface area (Å²) in [6.07, 6.45) is 2.35. The van der Waals surface area contributed by atoms with Gasteiger partial charge in [0.1, 0.15) is 6.54 Å². The number of hydrogen-bond acceptors (Lipinski definition) is 3.